The van der Waals surface area contributed by atoms with Crippen LogP contribution in [-0.2, 0) is 32.7 Å². The van der Waals surface area contributed by atoms with Crippen LogP contribution in [0.1, 0.15) is 251 Å². The fourth-order valence-corrected chi connectivity index (χ4v) is 7.99. The fraction of sp³-hybridized carbons (Fsp3) is 0.917. The van der Waals surface area contributed by atoms with E-state index in [1.165, 1.54) is 167 Å². The molecule has 0 aromatic carbocycles. The molecule has 0 aromatic rings. The SMILES string of the molecule is CCCCCCCCC/C=C\CCCCCCCC(=O)OC(COC(=O)CCCCCCCCCCCCCCCCCCCCCCC)COP(=O)(O)OCCN. The molecule has 344 valence electrons. The summed E-state index contributed by atoms with van der Waals surface area (Å²) in [5, 5.41) is 0. The van der Waals surface area contributed by atoms with Gasteiger partial charge >= 0.3 is 19.8 Å². The number of allylic oxidation sites excluding steroid dienone is 2. The lowest BCUT2D eigenvalue weighted by atomic mass is 10.0. The average molecular weight is 844 g/mol. The van der Waals surface area contributed by atoms with Gasteiger partial charge in [-0.25, -0.2) is 4.57 Å². The molecule has 0 saturated heterocycles. The van der Waals surface area contributed by atoms with E-state index in [1.807, 2.05) is 0 Å². The molecule has 0 radical (unpaired) electrons. The van der Waals surface area contributed by atoms with Gasteiger partial charge in [-0.2, -0.15) is 0 Å². The molecule has 0 aromatic heterocycles. The number of carbonyl (C=O) groups excluding carboxylic acids is 2. The molecule has 10 heteroatoms. The first-order valence-corrected chi connectivity index (χ1v) is 26.2. The highest BCUT2D eigenvalue weighted by Crippen LogP contribution is 2.43. The first-order chi connectivity index (χ1) is 28.3. The highest BCUT2D eigenvalue weighted by Gasteiger charge is 2.26. The van der Waals surface area contributed by atoms with E-state index in [9.17, 15) is 19.0 Å². The predicted octanol–water partition coefficient (Wildman–Crippen LogP) is 14.6. The second-order valence-corrected chi connectivity index (χ2v) is 18.1. The van der Waals surface area contributed by atoms with Crippen molar-refractivity contribution in [1.29, 1.82) is 0 Å². The molecule has 0 spiro atoms. The molecule has 0 bridgehead atoms. The van der Waals surface area contributed by atoms with E-state index in [0.717, 1.165) is 51.4 Å². The van der Waals surface area contributed by atoms with Crippen LogP contribution in [0.4, 0.5) is 0 Å². The topological polar surface area (TPSA) is 134 Å². The highest BCUT2D eigenvalue weighted by atomic mass is 31.2. The van der Waals surface area contributed by atoms with E-state index in [0.29, 0.717) is 6.42 Å². The molecule has 2 atom stereocenters. The summed E-state index contributed by atoms with van der Waals surface area (Å²) >= 11 is 0. The maximum Gasteiger partial charge on any atom is 0.472 e. The minimum atomic E-state index is -4.38. The lowest BCUT2D eigenvalue weighted by Gasteiger charge is -2.19. The van der Waals surface area contributed by atoms with Crippen LogP contribution in [0.5, 0.6) is 0 Å². The summed E-state index contributed by atoms with van der Waals surface area (Å²) in [5.74, 6) is -0.823. The van der Waals surface area contributed by atoms with Crippen molar-refractivity contribution < 1.29 is 37.6 Å². The van der Waals surface area contributed by atoms with Crippen LogP contribution in [0, 0.1) is 0 Å². The molecule has 0 aliphatic rings. The van der Waals surface area contributed by atoms with Gasteiger partial charge < -0.3 is 20.1 Å². The van der Waals surface area contributed by atoms with Crippen molar-refractivity contribution in [2.24, 2.45) is 5.73 Å². The van der Waals surface area contributed by atoms with Crippen LogP contribution in [0.3, 0.4) is 0 Å². The smallest absolute Gasteiger partial charge is 0.462 e. The Bertz CT molecular complexity index is 964. The minimum absolute atomic E-state index is 0.0550. The largest absolute Gasteiger partial charge is 0.472 e. The van der Waals surface area contributed by atoms with Gasteiger partial charge in [0.05, 0.1) is 13.2 Å². The molecule has 58 heavy (non-hydrogen) atoms. The van der Waals surface area contributed by atoms with Gasteiger partial charge in [-0.15, -0.1) is 0 Å². The summed E-state index contributed by atoms with van der Waals surface area (Å²) in [6.07, 6.45) is 48.2. The summed E-state index contributed by atoms with van der Waals surface area (Å²) < 4.78 is 32.9. The van der Waals surface area contributed by atoms with Crippen molar-refractivity contribution >= 4 is 19.8 Å². The Morgan fingerprint density at radius 1 is 0.500 bits per heavy atom. The maximum absolute atomic E-state index is 12.6. The molecule has 9 nitrogen and oxygen atoms in total. The first kappa shape index (κ1) is 56.8. The Morgan fingerprint density at radius 3 is 1.22 bits per heavy atom. The highest BCUT2D eigenvalue weighted by molar-refractivity contribution is 7.47. The van der Waals surface area contributed by atoms with Gasteiger partial charge in [0, 0.05) is 19.4 Å². The normalized spacial score (nSPS) is 13.2. The fourth-order valence-electron chi connectivity index (χ4n) is 7.22. The Kier molecular flexibility index (Phi) is 44.3. The number of esters is 2. The van der Waals surface area contributed by atoms with Gasteiger partial charge in [-0.05, 0) is 38.5 Å². The number of phosphoric ester groups is 1. The van der Waals surface area contributed by atoms with E-state index in [1.54, 1.807) is 0 Å². The molecular weight excluding hydrogens is 750 g/mol. The number of rotatable bonds is 47. The zero-order valence-corrected chi connectivity index (χ0v) is 38.9. The molecular formula is C48H94NO8P. The maximum atomic E-state index is 12.6. The number of ether oxygens (including phenoxy) is 2. The van der Waals surface area contributed by atoms with E-state index in [4.69, 9.17) is 24.3 Å². The lowest BCUT2D eigenvalue weighted by Crippen LogP contribution is -2.29. The Balaban J connectivity index is 4.02. The minimum Gasteiger partial charge on any atom is -0.462 e. The summed E-state index contributed by atoms with van der Waals surface area (Å²) in [6.45, 7) is 3.77. The predicted molar refractivity (Wildman–Crippen MR) is 243 cm³/mol. The van der Waals surface area contributed by atoms with Crippen LogP contribution >= 0.6 is 7.82 Å². The van der Waals surface area contributed by atoms with Crippen LogP contribution < -0.4 is 5.73 Å². The number of phosphoric acid groups is 1. The van der Waals surface area contributed by atoms with Crippen LogP contribution in [-0.4, -0.2) is 49.3 Å². The van der Waals surface area contributed by atoms with Crippen molar-refractivity contribution in [1.82, 2.24) is 0 Å². The zero-order valence-electron chi connectivity index (χ0n) is 38.1. The van der Waals surface area contributed by atoms with Gasteiger partial charge in [0.1, 0.15) is 6.61 Å². The van der Waals surface area contributed by atoms with Gasteiger partial charge in [0.2, 0.25) is 0 Å². The van der Waals surface area contributed by atoms with Crippen molar-refractivity contribution in [2.45, 2.75) is 258 Å². The quantitative estimate of drug-likeness (QED) is 0.0266. The summed E-state index contributed by atoms with van der Waals surface area (Å²) in [6, 6.07) is 0. The van der Waals surface area contributed by atoms with Gasteiger partial charge in [0.15, 0.2) is 6.10 Å². The van der Waals surface area contributed by atoms with Crippen LogP contribution in [0.25, 0.3) is 0 Å². The molecule has 3 N–H and O–H groups in total. The van der Waals surface area contributed by atoms with E-state index in [2.05, 4.69) is 26.0 Å². The summed E-state index contributed by atoms with van der Waals surface area (Å²) in [7, 11) is -4.38. The number of nitrogens with two attached hydrogens (primary N) is 1. The van der Waals surface area contributed by atoms with Crippen LogP contribution in [0.2, 0.25) is 0 Å². The molecule has 2 unspecified atom stereocenters. The third-order valence-electron chi connectivity index (χ3n) is 10.9. The van der Waals surface area contributed by atoms with E-state index in [-0.39, 0.29) is 38.6 Å². The van der Waals surface area contributed by atoms with Crippen LogP contribution in [0.15, 0.2) is 12.2 Å². The molecule has 0 amide bonds. The van der Waals surface area contributed by atoms with Crippen molar-refractivity contribution in [3.05, 3.63) is 12.2 Å². The standard InChI is InChI=1S/C48H94NO8P/c1-3-5-7-9-11-13-15-17-19-21-22-23-24-25-27-28-30-32-34-36-38-40-47(50)54-44-46(45-56-58(52,53)55-43-42-49)57-48(51)41-39-37-35-33-31-29-26-20-18-16-14-12-10-8-6-4-2/h20,26,46H,3-19,21-25,27-45,49H2,1-2H3,(H,52,53)/b26-20-. The molecule has 0 rings (SSSR count). The Labute approximate surface area is 358 Å². The lowest BCUT2D eigenvalue weighted by molar-refractivity contribution is -0.161. The van der Waals surface area contributed by atoms with E-state index >= 15 is 0 Å². The third-order valence-corrected chi connectivity index (χ3v) is 11.9. The summed E-state index contributed by atoms with van der Waals surface area (Å²) in [5.41, 5.74) is 5.36. The van der Waals surface area contributed by atoms with Crippen molar-refractivity contribution in [3.8, 4) is 0 Å². The summed E-state index contributed by atoms with van der Waals surface area (Å²) in [4.78, 5) is 35.0. The second-order valence-electron chi connectivity index (χ2n) is 16.7. The second kappa shape index (κ2) is 45.3. The molecule has 0 saturated carbocycles. The molecule has 0 heterocycles. The monoisotopic (exact) mass is 844 g/mol. The Hall–Kier alpha value is -1.25. The number of hydrogen-bond donors (Lipinski definition) is 2. The molecule has 0 fully saturated rings. The number of carbonyl (C=O) groups is 2. The first-order valence-electron chi connectivity index (χ1n) is 24.7. The van der Waals surface area contributed by atoms with Gasteiger partial charge in [0.25, 0.3) is 0 Å². The van der Waals surface area contributed by atoms with Gasteiger partial charge in [-0.3, -0.25) is 18.6 Å². The van der Waals surface area contributed by atoms with Crippen molar-refractivity contribution in [3.63, 3.8) is 0 Å². The van der Waals surface area contributed by atoms with Gasteiger partial charge in [-0.1, -0.05) is 212 Å². The van der Waals surface area contributed by atoms with Crippen molar-refractivity contribution in [2.75, 3.05) is 26.4 Å². The van der Waals surface area contributed by atoms with E-state index < -0.39 is 26.5 Å². The molecule has 0 aliphatic heterocycles. The number of hydrogen-bond acceptors (Lipinski definition) is 8. The molecule has 0 aliphatic carbocycles. The Morgan fingerprint density at radius 2 is 0.845 bits per heavy atom. The average Bonchev–Trinajstić information content (AvgIpc) is 3.21. The number of unbranched alkanes of at least 4 members (excludes halogenated alkanes) is 32. The zero-order chi connectivity index (χ0) is 42.5. The third kappa shape index (κ3) is 44.3.